The van der Waals surface area contributed by atoms with Crippen LogP contribution in [0.3, 0.4) is 0 Å². The van der Waals surface area contributed by atoms with Gasteiger partial charge in [0.2, 0.25) is 0 Å². The van der Waals surface area contributed by atoms with E-state index in [-0.39, 0.29) is 11.5 Å². The van der Waals surface area contributed by atoms with Crippen LogP contribution in [0, 0.1) is 11.3 Å². The second-order valence-corrected chi connectivity index (χ2v) is 9.84. The minimum Gasteiger partial charge on any atom is -0.379 e. The molecule has 2 fully saturated rings. The van der Waals surface area contributed by atoms with Gasteiger partial charge in [-0.1, -0.05) is 45.0 Å². The maximum atomic E-state index is 6.14. The van der Waals surface area contributed by atoms with Crippen LogP contribution < -0.4 is 10.6 Å². The van der Waals surface area contributed by atoms with E-state index in [1.54, 1.807) is 0 Å². The lowest BCUT2D eigenvalue weighted by atomic mass is 9.78. The molecule has 2 unspecified atom stereocenters. The summed E-state index contributed by atoms with van der Waals surface area (Å²) in [6.07, 6.45) is 2.63. The number of rotatable bonds is 7. The van der Waals surface area contributed by atoms with Crippen molar-refractivity contribution in [1.82, 2.24) is 15.5 Å². The van der Waals surface area contributed by atoms with E-state index in [1.807, 2.05) is 0 Å². The fraction of sp³-hybridized carbons (Fsp3) is 0.720. The average Bonchev–Trinajstić information content (AvgIpc) is 2.76. The smallest absolute Gasteiger partial charge is 0.191 e. The number of guanidine groups is 1. The summed E-state index contributed by atoms with van der Waals surface area (Å²) in [6, 6.07) is 8.81. The molecule has 6 heteroatoms. The predicted octanol–water partition coefficient (Wildman–Crippen LogP) is 3.42. The zero-order chi connectivity index (χ0) is 22.1. The van der Waals surface area contributed by atoms with E-state index in [9.17, 15) is 0 Å². The lowest BCUT2D eigenvalue weighted by molar-refractivity contribution is -0.0835. The zero-order valence-electron chi connectivity index (χ0n) is 20.0. The van der Waals surface area contributed by atoms with Crippen molar-refractivity contribution in [3.8, 4) is 0 Å². The summed E-state index contributed by atoms with van der Waals surface area (Å²) >= 11 is 0. The number of hydrogen-bond acceptors (Lipinski definition) is 4. The molecular weight excluding hydrogens is 388 g/mol. The number of morpholine rings is 1. The van der Waals surface area contributed by atoms with Crippen LogP contribution in [0.5, 0.6) is 0 Å². The SMILES string of the molecule is CCNC(=NCc1cccc(CN2CCOCC2)c1)NCC1CCCOC1C(C)(C)C. The molecular formula is C25H42N4O2. The fourth-order valence-electron chi connectivity index (χ4n) is 4.59. The van der Waals surface area contributed by atoms with E-state index in [4.69, 9.17) is 14.5 Å². The van der Waals surface area contributed by atoms with Gasteiger partial charge in [-0.15, -0.1) is 0 Å². The Morgan fingerprint density at radius 2 is 1.90 bits per heavy atom. The Labute approximate surface area is 188 Å². The van der Waals surface area contributed by atoms with E-state index in [1.165, 1.54) is 17.5 Å². The largest absolute Gasteiger partial charge is 0.379 e. The van der Waals surface area contributed by atoms with Gasteiger partial charge >= 0.3 is 0 Å². The Kier molecular flexibility index (Phi) is 9.17. The van der Waals surface area contributed by atoms with Crippen molar-refractivity contribution in [2.45, 2.75) is 59.7 Å². The molecule has 0 spiro atoms. The van der Waals surface area contributed by atoms with Crippen LogP contribution in [0.1, 0.15) is 51.7 Å². The monoisotopic (exact) mass is 430 g/mol. The van der Waals surface area contributed by atoms with Gasteiger partial charge in [0, 0.05) is 45.2 Å². The lowest BCUT2D eigenvalue weighted by Crippen LogP contribution is -2.47. The third-order valence-electron chi connectivity index (χ3n) is 6.10. The number of nitrogens with one attached hydrogen (secondary N) is 2. The molecule has 0 aliphatic carbocycles. The number of benzene rings is 1. The molecule has 2 atom stereocenters. The van der Waals surface area contributed by atoms with Crippen LogP contribution >= 0.6 is 0 Å². The highest BCUT2D eigenvalue weighted by molar-refractivity contribution is 5.79. The summed E-state index contributed by atoms with van der Waals surface area (Å²) in [7, 11) is 0. The van der Waals surface area contributed by atoms with Crippen LogP contribution in [-0.4, -0.2) is 63.0 Å². The Hall–Kier alpha value is -1.63. The van der Waals surface area contributed by atoms with E-state index < -0.39 is 0 Å². The second kappa shape index (κ2) is 11.8. The molecule has 3 rings (SSSR count). The Morgan fingerprint density at radius 1 is 1.13 bits per heavy atom. The minimum absolute atomic E-state index is 0.156. The van der Waals surface area contributed by atoms with Crippen molar-refractivity contribution < 1.29 is 9.47 Å². The summed E-state index contributed by atoms with van der Waals surface area (Å²) in [5.74, 6) is 1.40. The number of aliphatic imine (C=N–C) groups is 1. The summed E-state index contributed by atoms with van der Waals surface area (Å²) in [6.45, 7) is 16.9. The zero-order valence-corrected chi connectivity index (χ0v) is 20.0. The normalized spacial score (nSPS) is 23.5. The molecule has 0 radical (unpaired) electrons. The molecule has 174 valence electrons. The topological polar surface area (TPSA) is 58.1 Å². The molecule has 2 saturated heterocycles. The molecule has 2 aliphatic rings. The molecule has 2 heterocycles. The first-order valence-electron chi connectivity index (χ1n) is 12.0. The number of hydrogen-bond donors (Lipinski definition) is 2. The molecule has 0 bridgehead atoms. The standard InChI is InChI=1S/C25H42N4O2/c1-5-26-24(28-18-22-10-7-13-31-23(22)25(2,3)4)27-17-20-8-6-9-21(16-20)19-29-11-14-30-15-12-29/h6,8-9,16,22-23H,5,7,10-15,17-19H2,1-4H3,(H2,26,27,28). The summed E-state index contributed by atoms with van der Waals surface area (Å²) in [4.78, 5) is 7.32. The first-order valence-corrected chi connectivity index (χ1v) is 12.0. The maximum absolute atomic E-state index is 6.14. The van der Waals surface area contributed by atoms with E-state index in [2.05, 4.69) is 67.5 Å². The van der Waals surface area contributed by atoms with Crippen molar-refractivity contribution in [2.24, 2.45) is 16.3 Å². The molecule has 31 heavy (non-hydrogen) atoms. The van der Waals surface area contributed by atoms with E-state index in [0.29, 0.717) is 12.5 Å². The second-order valence-electron chi connectivity index (χ2n) is 9.84. The summed E-state index contributed by atoms with van der Waals surface area (Å²) < 4.78 is 11.6. The molecule has 0 aromatic heterocycles. The fourth-order valence-corrected chi connectivity index (χ4v) is 4.59. The minimum atomic E-state index is 0.156. The van der Waals surface area contributed by atoms with Gasteiger partial charge in [-0.25, -0.2) is 4.99 Å². The molecule has 2 N–H and O–H groups in total. The van der Waals surface area contributed by atoms with Gasteiger partial charge in [0.05, 0.1) is 25.9 Å². The molecule has 1 aromatic rings. The Morgan fingerprint density at radius 3 is 2.65 bits per heavy atom. The molecule has 1 aromatic carbocycles. The van der Waals surface area contributed by atoms with Gasteiger partial charge < -0.3 is 20.1 Å². The van der Waals surface area contributed by atoms with Gasteiger partial charge in [0.15, 0.2) is 5.96 Å². The van der Waals surface area contributed by atoms with Crippen LogP contribution in [0.2, 0.25) is 0 Å². The molecule has 0 amide bonds. The Balaban J connectivity index is 1.57. The predicted molar refractivity (Wildman–Crippen MR) is 127 cm³/mol. The van der Waals surface area contributed by atoms with Gasteiger partial charge in [-0.3, -0.25) is 4.90 Å². The van der Waals surface area contributed by atoms with E-state index in [0.717, 1.165) is 64.9 Å². The van der Waals surface area contributed by atoms with Crippen LogP contribution in [0.4, 0.5) is 0 Å². The first kappa shape index (κ1) is 24.0. The van der Waals surface area contributed by atoms with Gasteiger partial charge in [-0.05, 0) is 36.3 Å². The third kappa shape index (κ3) is 7.78. The highest BCUT2D eigenvalue weighted by atomic mass is 16.5. The van der Waals surface area contributed by atoms with Crippen molar-refractivity contribution in [3.05, 3.63) is 35.4 Å². The number of nitrogens with zero attached hydrogens (tertiary/aromatic N) is 2. The summed E-state index contributed by atoms with van der Waals surface area (Å²) in [5.41, 5.74) is 2.75. The first-order chi connectivity index (χ1) is 15.0. The Bertz CT molecular complexity index is 695. The van der Waals surface area contributed by atoms with Crippen molar-refractivity contribution in [3.63, 3.8) is 0 Å². The van der Waals surface area contributed by atoms with Gasteiger partial charge in [0.1, 0.15) is 0 Å². The average molecular weight is 431 g/mol. The van der Waals surface area contributed by atoms with Crippen LogP contribution in [0.15, 0.2) is 29.3 Å². The highest BCUT2D eigenvalue weighted by Crippen LogP contribution is 2.33. The van der Waals surface area contributed by atoms with Crippen LogP contribution in [-0.2, 0) is 22.6 Å². The van der Waals surface area contributed by atoms with E-state index >= 15 is 0 Å². The highest BCUT2D eigenvalue weighted by Gasteiger charge is 2.35. The molecule has 2 aliphatic heterocycles. The quantitative estimate of drug-likeness (QED) is 0.513. The van der Waals surface area contributed by atoms with Gasteiger partial charge in [0.25, 0.3) is 0 Å². The van der Waals surface area contributed by atoms with Crippen molar-refractivity contribution >= 4 is 5.96 Å². The molecule has 6 nitrogen and oxygen atoms in total. The van der Waals surface area contributed by atoms with Crippen molar-refractivity contribution in [2.75, 3.05) is 46.0 Å². The molecule has 0 saturated carbocycles. The van der Waals surface area contributed by atoms with Gasteiger partial charge in [-0.2, -0.15) is 0 Å². The maximum Gasteiger partial charge on any atom is 0.191 e. The number of ether oxygens (including phenoxy) is 2. The van der Waals surface area contributed by atoms with Crippen molar-refractivity contribution in [1.29, 1.82) is 0 Å². The van der Waals surface area contributed by atoms with Crippen LogP contribution in [0.25, 0.3) is 0 Å². The lowest BCUT2D eigenvalue weighted by Gasteiger charge is -2.40. The third-order valence-corrected chi connectivity index (χ3v) is 6.10. The summed E-state index contributed by atoms with van der Waals surface area (Å²) in [5, 5.41) is 6.98.